The first-order valence-corrected chi connectivity index (χ1v) is 12.1. The number of fused-ring (bicyclic) bond motifs is 1. The van der Waals surface area contributed by atoms with E-state index in [0.717, 1.165) is 4.88 Å². The lowest BCUT2D eigenvalue weighted by Gasteiger charge is -2.25. The van der Waals surface area contributed by atoms with Crippen LogP contribution in [-0.4, -0.2) is 30.2 Å². The van der Waals surface area contributed by atoms with Crippen molar-refractivity contribution in [3.8, 4) is 11.5 Å². The zero-order valence-electron chi connectivity index (χ0n) is 19.0. The Morgan fingerprint density at radius 3 is 2.68 bits per heavy atom. The van der Waals surface area contributed by atoms with E-state index in [4.69, 9.17) is 14.2 Å². The molecule has 1 unspecified atom stereocenters. The lowest BCUT2D eigenvalue weighted by molar-refractivity contribution is -0.139. The summed E-state index contributed by atoms with van der Waals surface area (Å²) < 4.78 is 17.9. The number of ether oxygens (including phenoxy) is 3. The monoisotopic (exact) mass is 498 g/mol. The van der Waals surface area contributed by atoms with Crippen molar-refractivity contribution in [2.45, 2.75) is 26.8 Å². The third-order valence-corrected chi connectivity index (χ3v) is 6.89. The van der Waals surface area contributed by atoms with Crippen molar-refractivity contribution in [1.29, 1.82) is 0 Å². The first-order chi connectivity index (χ1) is 16.3. The number of methoxy groups -OCH3 is 1. The third-order valence-electron chi connectivity index (χ3n) is 5.09. The molecule has 10 heteroatoms. The van der Waals surface area contributed by atoms with E-state index in [1.54, 1.807) is 32.0 Å². The Bertz CT molecular complexity index is 1460. The molecule has 34 heavy (non-hydrogen) atoms. The van der Waals surface area contributed by atoms with E-state index in [1.807, 2.05) is 23.6 Å². The minimum Gasteiger partial charge on any atom is -0.493 e. The molecule has 1 atom stereocenters. The molecule has 3 aromatic rings. The smallest absolute Gasteiger partial charge is 0.338 e. The van der Waals surface area contributed by atoms with Gasteiger partial charge in [0.2, 0.25) is 0 Å². The molecule has 2 aromatic heterocycles. The molecule has 0 saturated carbocycles. The number of thiophene rings is 1. The number of thiazole rings is 1. The van der Waals surface area contributed by atoms with Gasteiger partial charge in [0.05, 0.1) is 35.6 Å². The summed E-state index contributed by atoms with van der Waals surface area (Å²) in [6.07, 6.45) is 1.82. The van der Waals surface area contributed by atoms with Crippen LogP contribution < -0.4 is 24.4 Å². The summed E-state index contributed by atoms with van der Waals surface area (Å²) in [5.74, 6) is -0.506. The Morgan fingerprint density at radius 1 is 1.24 bits per heavy atom. The number of aromatic nitrogens is 1. The number of nitrogens with zero attached hydrogens (tertiary/aromatic N) is 2. The van der Waals surface area contributed by atoms with E-state index in [1.165, 1.54) is 41.3 Å². The molecule has 0 bridgehead atoms. The average molecular weight is 499 g/mol. The van der Waals surface area contributed by atoms with Gasteiger partial charge in [-0.15, -0.1) is 11.3 Å². The highest BCUT2D eigenvalue weighted by Gasteiger charge is 2.34. The number of benzene rings is 1. The lowest BCUT2D eigenvalue weighted by atomic mass is 9.95. The molecule has 0 amide bonds. The maximum Gasteiger partial charge on any atom is 0.338 e. The summed E-state index contributed by atoms with van der Waals surface area (Å²) >= 11 is 2.78. The van der Waals surface area contributed by atoms with E-state index in [0.29, 0.717) is 26.3 Å². The van der Waals surface area contributed by atoms with Gasteiger partial charge in [0.15, 0.2) is 16.3 Å². The van der Waals surface area contributed by atoms with Gasteiger partial charge in [-0.1, -0.05) is 23.5 Å². The summed E-state index contributed by atoms with van der Waals surface area (Å²) in [6.45, 7) is 4.92. The summed E-state index contributed by atoms with van der Waals surface area (Å²) in [6, 6.07) is 7.97. The number of allylic oxidation sites excluding steroid dienone is 1. The molecule has 176 valence electrons. The average Bonchev–Trinajstić information content (AvgIpc) is 3.41. The van der Waals surface area contributed by atoms with Crippen LogP contribution in [0.4, 0.5) is 0 Å². The molecule has 0 radical (unpaired) electrons. The van der Waals surface area contributed by atoms with Crippen LogP contribution in [0.2, 0.25) is 0 Å². The van der Waals surface area contributed by atoms with E-state index < -0.39 is 18.0 Å². The fraction of sp³-hybridized carbons (Fsp3) is 0.250. The molecule has 3 heterocycles. The van der Waals surface area contributed by atoms with Gasteiger partial charge in [0, 0.05) is 11.8 Å². The van der Waals surface area contributed by atoms with Gasteiger partial charge in [-0.3, -0.25) is 14.2 Å². The van der Waals surface area contributed by atoms with Gasteiger partial charge >= 0.3 is 11.9 Å². The van der Waals surface area contributed by atoms with Crippen LogP contribution in [0.25, 0.3) is 6.08 Å². The van der Waals surface area contributed by atoms with E-state index in [2.05, 4.69) is 4.99 Å². The molecule has 0 saturated heterocycles. The summed E-state index contributed by atoms with van der Waals surface area (Å²) in [5, 5.41) is 1.94. The zero-order chi connectivity index (χ0) is 24.4. The lowest BCUT2D eigenvalue weighted by Crippen LogP contribution is -2.39. The highest BCUT2D eigenvalue weighted by Crippen LogP contribution is 2.36. The van der Waals surface area contributed by atoms with E-state index in [-0.39, 0.29) is 23.5 Å². The van der Waals surface area contributed by atoms with E-state index >= 15 is 0 Å². The number of rotatable bonds is 6. The summed E-state index contributed by atoms with van der Waals surface area (Å²) in [4.78, 5) is 44.0. The highest BCUT2D eigenvalue weighted by atomic mass is 32.1. The minimum absolute atomic E-state index is 0.180. The number of esters is 2. The van der Waals surface area contributed by atoms with Crippen molar-refractivity contribution in [2.24, 2.45) is 4.99 Å². The Balaban J connectivity index is 1.95. The molecule has 0 fully saturated rings. The van der Waals surface area contributed by atoms with Crippen LogP contribution in [0.3, 0.4) is 0 Å². The van der Waals surface area contributed by atoms with Crippen molar-refractivity contribution in [3.05, 3.63) is 77.1 Å². The van der Waals surface area contributed by atoms with Crippen molar-refractivity contribution >= 4 is 40.7 Å². The topological polar surface area (TPSA) is 96.2 Å². The van der Waals surface area contributed by atoms with Crippen molar-refractivity contribution in [3.63, 3.8) is 0 Å². The second kappa shape index (κ2) is 9.78. The van der Waals surface area contributed by atoms with Crippen LogP contribution >= 0.6 is 22.7 Å². The van der Waals surface area contributed by atoms with Crippen molar-refractivity contribution in [1.82, 2.24) is 4.57 Å². The predicted molar refractivity (Wildman–Crippen MR) is 129 cm³/mol. The Hall–Kier alpha value is -3.50. The second-order valence-electron chi connectivity index (χ2n) is 7.32. The van der Waals surface area contributed by atoms with Gasteiger partial charge in [-0.2, -0.15) is 0 Å². The Morgan fingerprint density at radius 2 is 2.03 bits per heavy atom. The van der Waals surface area contributed by atoms with Crippen molar-refractivity contribution in [2.75, 3.05) is 13.7 Å². The normalized spacial score (nSPS) is 15.5. The fourth-order valence-electron chi connectivity index (χ4n) is 3.70. The van der Waals surface area contributed by atoms with Gasteiger partial charge in [0.1, 0.15) is 0 Å². The predicted octanol–water partition coefficient (Wildman–Crippen LogP) is 2.79. The first-order valence-electron chi connectivity index (χ1n) is 10.4. The van der Waals surface area contributed by atoms with Gasteiger partial charge in [0.25, 0.3) is 5.56 Å². The van der Waals surface area contributed by atoms with Gasteiger partial charge in [-0.05, 0) is 49.1 Å². The Kier molecular flexibility index (Phi) is 6.80. The van der Waals surface area contributed by atoms with Crippen LogP contribution in [0.15, 0.2) is 56.8 Å². The van der Waals surface area contributed by atoms with Gasteiger partial charge < -0.3 is 14.2 Å². The number of hydrogen-bond donors (Lipinski definition) is 0. The standard InChI is InChI=1S/C24H22N2O6S2/c1-5-31-23(29)20-13(2)25-24-26(22(28)19(34-24)12-16-7-6-10-33-16)21(20)15-8-9-17(32-14(3)27)18(11-15)30-4/h6-12,21H,5H2,1-4H3/b19-12+. The summed E-state index contributed by atoms with van der Waals surface area (Å²) in [5.41, 5.74) is 1.06. The molecule has 1 aromatic carbocycles. The zero-order valence-corrected chi connectivity index (χ0v) is 20.6. The van der Waals surface area contributed by atoms with E-state index in [9.17, 15) is 14.4 Å². The quantitative estimate of drug-likeness (QED) is 0.383. The summed E-state index contributed by atoms with van der Waals surface area (Å²) in [7, 11) is 1.45. The largest absolute Gasteiger partial charge is 0.493 e. The molecular weight excluding hydrogens is 476 g/mol. The number of carbonyl (C=O) groups is 2. The molecule has 8 nitrogen and oxygen atoms in total. The third kappa shape index (κ3) is 4.46. The number of hydrogen-bond acceptors (Lipinski definition) is 9. The molecule has 1 aliphatic heterocycles. The fourth-order valence-corrected chi connectivity index (χ4v) is 5.47. The van der Waals surface area contributed by atoms with Crippen molar-refractivity contribution < 1.29 is 23.8 Å². The van der Waals surface area contributed by atoms with Crippen LogP contribution in [-0.2, 0) is 14.3 Å². The van der Waals surface area contributed by atoms with Gasteiger partial charge in [-0.25, -0.2) is 9.79 Å². The second-order valence-corrected chi connectivity index (χ2v) is 9.31. The Labute approximate surface area is 203 Å². The maximum absolute atomic E-state index is 13.5. The van der Waals surface area contributed by atoms with Crippen LogP contribution in [0, 0.1) is 0 Å². The first kappa shape index (κ1) is 23.7. The SMILES string of the molecule is CCOC(=O)C1=C(C)N=c2s/c(=C/c3cccs3)c(=O)n2C1c1ccc(OC(C)=O)c(OC)c1. The molecule has 1 aliphatic rings. The van der Waals surface area contributed by atoms with Crippen LogP contribution in [0.1, 0.15) is 37.3 Å². The maximum atomic E-state index is 13.5. The molecule has 0 N–H and O–H groups in total. The number of carbonyl (C=O) groups excluding carboxylic acids is 2. The molecule has 4 rings (SSSR count). The molecule has 0 aliphatic carbocycles. The molecule has 0 spiro atoms. The minimum atomic E-state index is -0.791. The molecular formula is C24H22N2O6S2. The highest BCUT2D eigenvalue weighted by molar-refractivity contribution is 7.11. The van der Waals surface area contributed by atoms with Crippen LogP contribution in [0.5, 0.6) is 11.5 Å².